The van der Waals surface area contributed by atoms with Crippen LogP contribution < -0.4 is 5.56 Å². The second-order valence-electron chi connectivity index (χ2n) is 4.98. The van der Waals surface area contributed by atoms with Gasteiger partial charge in [0.15, 0.2) is 0 Å². The zero-order valence-corrected chi connectivity index (χ0v) is 14.4. The maximum absolute atomic E-state index is 12.3. The van der Waals surface area contributed by atoms with Crippen LogP contribution in [-0.4, -0.2) is 16.5 Å². The lowest BCUT2D eigenvalue weighted by Crippen LogP contribution is -2.10. The monoisotopic (exact) mass is 359 g/mol. The topological polar surface area (TPSA) is 48.3 Å². The number of nitrogens with zero attached hydrogens (tertiary/aromatic N) is 1. The minimum absolute atomic E-state index is 0.140. The first kappa shape index (κ1) is 16.5. The third kappa shape index (κ3) is 3.27. The van der Waals surface area contributed by atoms with Gasteiger partial charge in [0.25, 0.3) is 5.56 Å². The van der Waals surface area contributed by atoms with Crippen molar-refractivity contribution in [3.05, 3.63) is 75.5 Å². The quantitative estimate of drug-likeness (QED) is 0.649. The molecule has 0 atom stereocenters. The highest BCUT2D eigenvalue weighted by Crippen LogP contribution is 2.30. The van der Waals surface area contributed by atoms with E-state index in [9.17, 15) is 9.59 Å². The molecule has 4 nitrogen and oxygen atoms in total. The van der Waals surface area contributed by atoms with Gasteiger partial charge in [-0.25, -0.2) is 8.75 Å². The Morgan fingerprint density at radius 3 is 2.54 bits per heavy atom. The van der Waals surface area contributed by atoms with E-state index in [1.165, 1.54) is 11.5 Å². The second-order valence-corrected chi connectivity index (χ2v) is 6.37. The standard InChI is InChI=1S/C18H14ClNO3S/c1-2-23-18(22)12-7-9-13(10-8-12)20-17(21)11-16(24-20)14-5-3-4-6-15(14)19/h3-11H,2H2,1H3. The third-order valence-corrected chi connectivity index (χ3v) is 4.83. The Morgan fingerprint density at radius 1 is 1.17 bits per heavy atom. The summed E-state index contributed by atoms with van der Waals surface area (Å²) in [6.45, 7) is 2.08. The van der Waals surface area contributed by atoms with Crippen LogP contribution in [0.1, 0.15) is 17.3 Å². The average Bonchev–Trinajstić information content (AvgIpc) is 2.97. The van der Waals surface area contributed by atoms with E-state index >= 15 is 0 Å². The first-order chi connectivity index (χ1) is 11.6. The van der Waals surface area contributed by atoms with Gasteiger partial charge >= 0.3 is 5.97 Å². The molecule has 0 aliphatic rings. The van der Waals surface area contributed by atoms with Crippen LogP contribution in [0.2, 0.25) is 5.02 Å². The number of carbonyl (C=O) groups excluding carboxylic acids is 1. The van der Waals surface area contributed by atoms with Crippen LogP contribution in [0.5, 0.6) is 0 Å². The van der Waals surface area contributed by atoms with Crippen LogP contribution in [-0.2, 0) is 4.74 Å². The van der Waals surface area contributed by atoms with Crippen molar-refractivity contribution in [1.29, 1.82) is 0 Å². The van der Waals surface area contributed by atoms with Crippen molar-refractivity contribution in [2.45, 2.75) is 6.92 Å². The fourth-order valence-electron chi connectivity index (χ4n) is 2.26. The lowest BCUT2D eigenvalue weighted by Gasteiger charge is -2.04. The summed E-state index contributed by atoms with van der Waals surface area (Å²) < 4.78 is 6.52. The Morgan fingerprint density at radius 2 is 1.88 bits per heavy atom. The molecule has 122 valence electrons. The summed E-state index contributed by atoms with van der Waals surface area (Å²) in [6, 6.07) is 15.7. The van der Waals surface area contributed by atoms with Gasteiger partial charge in [-0.3, -0.25) is 4.79 Å². The number of aromatic nitrogens is 1. The summed E-state index contributed by atoms with van der Waals surface area (Å²) in [6.07, 6.45) is 0. The number of esters is 1. The highest BCUT2D eigenvalue weighted by Gasteiger charge is 2.12. The van der Waals surface area contributed by atoms with Gasteiger partial charge < -0.3 is 4.74 Å². The van der Waals surface area contributed by atoms with Gasteiger partial charge in [-0.2, -0.15) is 0 Å². The van der Waals surface area contributed by atoms with Gasteiger partial charge in [-0.05, 0) is 37.3 Å². The molecule has 1 heterocycles. The third-order valence-electron chi connectivity index (χ3n) is 3.40. The van der Waals surface area contributed by atoms with Crippen molar-refractivity contribution in [3.63, 3.8) is 0 Å². The largest absolute Gasteiger partial charge is 0.462 e. The summed E-state index contributed by atoms with van der Waals surface area (Å²) in [5.74, 6) is -0.376. The minimum Gasteiger partial charge on any atom is -0.462 e. The van der Waals surface area contributed by atoms with Gasteiger partial charge in [-0.1, -0.05) is 41.3 Å². The van der Waals surface area contributed by atoms with E-state index in [2.05, 4.69) is 0 Å². The predicted octanol–water partition coefficient (Wildman–Crippen LogP) is 4.40. The van der Waals surface area contributed by atoms with Crippen molar-refractivity contribution in [2.24, 2.45) is 0 Å². The zero-order valence-electron chi connectivity index (χ0n) is 12.9. The fraction of sp³-hybridized carbons (Fsp3) is 0.111. The molecular formula is C18H14ClNO3S. The lowest BCUT2D eigenvalue weighted by atomic mass is 10.2. The Balaban J connectivity index is 1.95. The van der Waals surface area contributed by atoms with Gasteiger partial charge in [0.05, 0.1) is 22.7 Å². The predicted molar refractivity (Wildman–Crippen MR) is 96.3 cm³/mol. The van der Waals surface area contributed by atoms with E-state index < -0.39 is 0 Å². The Bertz CT molecular complexity index is 928. The van der Waals surface area contributed by atoms with E-state index in [0.29, 0.717) is 22.9 Å². The lowest BCUT2D eigenvalue weighted by molar-refractivity contribution is 0.0526. The second kappa shape index (κ2) is 7.03. The summed E-state index contributed by atoms with van der Waals surface area (Å²) in [4.78, 5) is 24.8. The molecule has 0 aliphatic carbocycles. The smallest absolute Gasteiger partial charge is 0.338 e. The molecule has 0 bridgehead atoms. The molecule has 6 heteroatoms. The summed E-state index contributed by atoms with van der Waals surface area (Å²) in [5.41, 5.74) is 1.83. The molecule has 0 saturated heterocycles. The Labute approximate surface area is 148 Å². The molecule has 3 rings (SSSR count). The number of hydrogen-bond donors (Lipinski definition) is 0. The van der Waals surface area contributed by atoms with E-state index in [1.54, 1.807) is 47.3 Å². The van der Waals surface area contributed by atoms with Crippen molar-refractivity contribution in [1.82, 2.24) is 3.96 Å². The SMILES string of the molecule is CCOC(=O)c1ccc(-n2sc(-c3ccccc3Cl)cc2=O)cc1. The summed E-state index contributed by atoms with van der Waals surface area (Å²) in [7, 11) is 0. The van der Waals surface area contributed by atoms with Crippen LogP contribution >= 0.6 is 23.1 Å². The van der Waals surface area contributed by atoms with Crippen LogP contribution in [0.25, 0.3) is 16.1 Å². The Kier molecular flexibility index (Phi) is 4.83. The van der Waals surface area contributed by atoms with Gasteiger partial charge in [0.1, 0.15) is 0 Å². The summed E-state index contributed by atoms with van der Waals surface area (Å²) in [5, 5.41) is 0.601. The fourth-order valence-corrected chi connectivity index (χ4v) is 3.55. The van der Waals surface area contributed by atoms with Crippen molar-refractivity contribution >= 4 is 29.1 Å². The Hall–Kier alpha value is -2.37. The maximum atomic E-state index is 12.3. The highest BCUT2D eigenvalue weighted by molar-refractivity contribution is 7.10. The number of benzene rings is 2. The molecular weight excluding hydrogens is 346 g/mol. The molecule has 0 amide bonds. The van der Waals surface area contributed by atoms with E-state index in [-0.39, 0.29) is 11.5 Å². The van der Waals surface area contributed by atoms with Crippen LogP contribution in [0.15, 0.2) is 59.4 Å². The van der Waals surface area contributed by atoms with Crippen molar-refractivity contribution < 1.29 is 9.53 Å². The molecule has 0 unspecified atom stereocenters. The molecule has 0 radical (unpaired) electrons. The van der Waals surface area contributed by atoms with E-state index in [4.69, 9.17) is 16.3 Å². The molecule has 2 aromatic carbocycles. The molecule has 0 fully saturated rings. The van der Waals surface area contributed by atoms with Gasteiger partial charge in [0, 0.05) is 16.7 Å². The van der Waals surface area contributed by atoms with E-state index in [0.717, 1.165) is 10.4 Å². The first-order valence-corrected chi connectivity index (χ1v) is 8.51. The van der Waals surface area contributed by atoms with Crippen LogP contribution in [0.4, 0.5) is 0 Å². The van der Waals surface area contributed by atoms with Gasteiger partial charge in [0.2, 0.25) is 0 Å². The first-order valence-electron chi connectivity index (χ1n) is 7.36. The normalized spacial score (nSPS) is 10.6. The molecule has 24 heavy (non-hydrogen) atoms. The molecule has 0 saturated carbocycles. The highest BCUT2D eigenvalue weighted by atomic mass is 35.5. The van der Waals surface area contributed by atoms with Crippen molar-refractivity contribution in [3.8, 4) is 16.1 Å². The molecule has 1 aromatic heterocycles. The minimum atomic E-state index is -0.376. The molecule has 0 aliphatic heterocycles. The number of carbonyl (C=O) groups is 1. The molecule has 0 N–H and O–H groups in total. The zero-order chi connectivity index (χ0) is 17.1. The van der Waals surface area contributed by atoms with Gasteiger partial charge in [-0.15, -0.1) is 0 Å². The van der Waals surface area contributed by atoms with Crippen LogP contribution in [0, 0.1) is 0 Å². The number of hydrogen-bond acceptors (Lipinski definition) is 4. The number of ether oxygens (including phenoxy) is 1. The number of halogens is 1. The van der Waals surface area contributed by atoms with Crippen molar-refractivity contribution in [2.75, 3.05) is 6.61 Å². The average molecular weight is 360 g/mol. The van der Waals surface area contributed by atoms with Crippen LogP contribution in [0.3, 0.4) is 0 Å². The maximum Gasteiger partial charge on any atom is 0.338 e. The van der Waals surface area contributed by atoms with E-state index in [1.807, 2.05) is 18.2 Å². The number of rotatable bonds is 4. The molecule has 3 aromatic rings. The summed E-state index contributed by atoms with van der Waals surface area (Å²) >= 11 is 7.50. The molecule has 0 spiro atoms.